The van der Waals surface area contributed by atoms with Crippen LogP contribution in [0.4, 0.5) is 13.2 Å². The number of carbonyl (C=O) groups excluding carboxylic acids is 1. The van der Waals surface area contributed by atoms with Crippen LogP contribution in [-0.2, 0) is 6.18 Å². The normalized spacial score (nSPS) is 13.9. The van der Waals surface area contributed by atoms with Crippen LogP contribution in [0.5, 0.6) is 0 Å². The van der Waals surface area contributed by atoms with Crippen LogP contribution >= 0.6 is 0 Å². The number of halogens is 3. The molecule has 0 heterocycles. The van der Waals surface area contributed by atoms with E-state index in [1.807, 2.05) is 31.2 Å². The third-order valence-electron chi connectivity index (χ3n) is 4.51. The second kappa shape index (κ2) is 8.43. The predicted molar refractivity (Wildman–Crippen MR) is 96.7 cm³/mol. The number of Topliss-reactive ketones (excluding diaryl/α,β-unsaturated/α-hetero) is 1. The SMILES string of the molecule is Cc1ccc(C(NCC(=O)c2ccc(C(F)(F)F)cc2)C(C)[N+](C)=O)cc1. The van der Waals surface area contributed by atoms with Crippen molar-refractivity contribution in [1.82, 2.24) is 5.32 Å². The van der Waals surface area contributed by atoms with E-state index < -0.39 is 23.8 Å². The van der Waals surface area contributed by atoms with E-state index in [9.17, 15) is 22.9 Å². The Balaban J connectivity index is 2.13. The molecule has 2 rings (SSSR count). The van der Waals surface area contributed by atoms with Gasteiger partial charge in [0.05, 0.1) is 18.2 Å². The number of ketones is 1. The minimum absolute atomic E-state index is 0.0952. The lowest BCUT2D eigenvalue weighted by Gasteiger charge is -2.20. The van der Waals surface area contributed by atoms with Crippen LogP contribution < -0.4 is 5.32 Å². The highest BCUT2D eigenvalue weighted by Gasteiger charge is 2.31. The highest BCUT2D eigenvalue weighted by atomic mass is 19.4. The number of nitrogens with one attached hydrogen (secondary N) is 1. The van der Waals surface area contributed by atoms with Gasteiger partial charge < -0.3 is 0 Å². The van der Waals surface area contributed by atoms with E-state index in [1.165, 1.54) is 7.05 Å². The van der Waals surface area contributed by atoms with Gasteiger partial charge in [-0.05, 0) is 29.4 Å². The van der Waals surface area contributed by atoms with Gasteiger partial charge in [-0.2, -0.15) is 13.2 Å². The fraction of sp³-hybridized carbons (Fsp3) is 0.350. The standard InChI is InChI=1S/C20H22F3N2O2/c1-13-4-6-16(7-5-13)19(14(2)25(3)27)24-12-18(26)15-8-10-17(11-9-15)20(21,22)23/h4-11,14,19,24H,12H2,1-3H3/q+1. The Morgan fingerprint density at radius 2 is 1.63 bits per heavy atom. The molecule has 0 saturated heterocycles. The summed E-state index contributed by atoms with van der Waals surface area (Å²) in [6.45, 7) is 3.60. The molecule has 0 fully saturated rings. The fourth-order valence-electron chi connectivity index (χ4n) is 2.70. The Morgan fingerprint density at radius 3 is 2.11 bits per heavy atom. The van der Waals surface area contributed by atoms with Crippen LogP contribution in [0.2, 0.25) is 0 Å². The maximum atomic E-state index is 12.6. The number of nitrogens with zero attached hydrogens (tertiary/aromatic N) is 1. The van der Waals surface area contributed by atoms with E-state index in [2.05, 4.69) is 5.32 Å². The summed E-state index contributed by atoms with van der Waals surface area (Å²) in [5.74, 6) is -0.346. The van der Waals surface area contributed by atoms with Crippen molar-refractivity contribution >= 4 is 5.78 Å². The van der Waals surface area contributed by atoms with E-state index in [0.29, 0.717) is 0 Å². The van der Waals surface area contributed by atoms with Crippen LogP contribution in [-0.4, -0.2) is 30.2 Å². The average Bonchev–Trinajstić information content (AvgIpc) is 2.62. The molecule has 0 saturated carbocycles. The summed E-state index contributed by atoms with van der Waals surface area (Å²) in [6.07, 6.45) is -4.44. The number of carbonyl (C=O) groups is 1. The molecule has 0 radical (unpaired) electrons. The number of rotatable bonds is 7. The minimum atomic E-state index is -4.44. The van der Waals surface area contributed by atoms with Crippen molar-refractivity contribution in [3.05, 3.63) is 75.7 Å². The minimum Gasteiger partial charge on any atom is -0.297 e. The Hall–Kier alpha value is -2.54. The molecule has 27 heavy (non-hydrogen) atoms. The third kappa shape index (κ3) is 5.47. The molecule has 0 aliphatic rings. The maximum absolute atomic E-state index is 12.6. The second-order valence-electron chi connectivity index (χ2n) is 6.55. The van der Waals surface area contributed by atoms with Crippen molar-refractivity contribution < 1.29 is 22.7 Å². The zero-order valence-electron chi connectivity index (χ0n) is 15.4. The first-order chi connectivity index (χ1) is 12.6. The van der Waals surface area contributed by atoms with E-state index in [1.54, 1.807) is 6.92 Å². The first kappa shape index (κ1) is 20.8. The third-order valence-corrected chi connectivity index (χ3v) is 4.51. The first-order valence-corrected chi connectivity index (χ1v) is 8.50. The molecule has 144 valence electrons. The molecule has 2 unspecified atom stereocenters. The molecule has 0 bridgehead atoms. The lowest BCUT2D eigenvalue weighted by atomic mass is 9.98. The molecule has 0 spiro atoms. The molecule has 0 amide bonds. The van der Waals surface area contributed by atoms with Crippen molar-refractivity contribution in [3.8, 4) is 0 Å². The van der Waals surface area contributed by atoms with Gasteiger partial charge in [0.1, 0.15) is 0 Å². The topological polar surface area (TPSA) is 49.2 Å². The van der Waals surface area contributed by atoms with Crippen LogP contribution in [0.25, 0.3) is 0 Å². The molecule has 2 atom stereocenters. The van der Waals surface area contributed by atoms with Crippen LogP contribution in [0.1, 0.15) is 40.0 Å². The molecule has 2 aromatic carbocycles. The molecule has 0 aromatic heterocycles. The zero-order valence-corrected chi connectivity index (χ0v) is 15.4. The number of benzene rings is 2. The Morgan fingerprint density at radius 1 is 1.07 bits per heavy atom. The highest BCUT2D eigenvalue weighted by Crippen LogP contribution is 2.29. The van der Waals surface area contributed by atoms with E-state index >= 15 is 0 Å². The number of hydrogen-bond donors (Lipinski definition) is 1. The van der Waals surface area contributed by atoms with Gasteiger partial charge in [0.25, 0.3) is 0 Å². The number of alkyl halides is 3. The molecular formula is C20H22F3N2O2+. The van der Waals surface area contributed by atoms with Gasteiger partial charge in [-0.15, -0.1) is 0 Å². The average molecular weight is 379 g/mol. The van der Waals surface area contributed by atoms with E-state index in [0.717, 1.165) is 40.2 Å². The van der Waals surface area contributed by atoms with Crippen molar-refractivity contribution in [2.75, 3.05) is 13.6 Å². The lowest BCUT2D eigenvalue weighted by molar-refractivity contribution is -0.559. The van der Waals surface area contributed by atoms with E-state index in [-0.39, 0.29) is 17.9 Å². The van der Waals surface area contributed by atoms with Crippen LogP contribution in [0.15, 0.2) is 48.5 Å². The van der Waals surface area contributed by atoms with Gasteiger partial charge in [0, 0.05) is 17.4 Å². The fourth-order valence-corrected chi connectivity index (χ4v) is 2.70. The summed E-state index contributed by atoms with van der Waals surface area (Å²) in [6, 6.07) is 10.9. The number of likely N-dealkylation sites (N-methyl/N-ethyl adjacent to an activating group) is 1. The molecule has 0 aliphatic carbocycles. The lowest BCUT2D eigenvalue weighted by Crippen LogP contribution is -2.38. The smallest absolute Gasteiger partial charge is 0.297 e. The van der Waals surface area contributed by atoms with Gasteiger partial charge in [0.15, 0.2) is 12.8 Å². The number of nitroso groups, excluding NO2 is 1. The number of aryl methyl sites for hydroxylation is 1. The molecule has 7 heteroatoms. The summed E-state index contributed by atoms with van der Waals surface area (Å²) in [7, 11) is 1.41. The summed E-state index contributed by atoms with van der Waals surface area (Å²) < 4.78 is 38.7. The van der Waals surface area contributed by atoms with Gasteiger partial charge in [-0.25, -0.2) is 0 Å². The van der Waals surface area contributed by atoms with E-state index in [4.69, 9.17) is 0 Å². The van der Waals surface area contributed by atoms with Gasteiger partial charge in [-0.3, -0.25) is 10.1 Å². The van der Waals surface area contributed by atoms with Gasteiger partial charge in [0.2, 0.25) is 6.04 Å². The molecule has 2 aromatic rings. The predicted octanol–water partition coefficient (Wildman–Crippen LogP) is 4.32. The monoisotopic (exact) mass is 379 g/mol. The summed E-state index contributed by atoms with van der Waals surface area (Å²) >= 11 is 0. The Kier molecular flexibility index (Phi) is 6.49. The molecule has 0 aliphatic heterocycles. The second-order valence-corrected chi connectivity index (χ2v) is 6.55. The Labute approximate surface area is 156 Å². The Bertz CT molecular complexity index is 799. The van der Waals surface area contributed by atoms with Gasteiger partial charge in [-0.1, -0.05) is 42.0 Å². The first-order valence-electron chi connectivity index (χ1n) is 8.50. The number of hydrogen-bond acceptors (Lipinski definition) is 3. The van der Waals surface area contributed by atoms with Crippen LogP contribution in [0, 0.1) is 11.8 Å². The highest BCUT2D eigenvalue weighted by molar-refractivity contribution is 5.97. The molecule has 1 N–H and O–H groups in total. The van der Waals surface area contributed by atoms with Crippen molar-refractivity contribution in [2.24, 2.45) is 0 Å². The van der Waals surface area contributed by atoms with Crippen molar-refractivity contribution in [1.29, 1.82) is 0 Å². The zero-order chi connectivity index (χ0) is 20.2. The summed E-state index contributed by atoms with van der Waals surface area (Å²) in [4.78, 5) is 24.1. The molecule has 4 nitrogen and oxygen atoms in total. The largest absolute Gasteiger partial charge is 0.416 e. The summed E-state index contributed by atoms with van der Waals surface area (Å²) in [5, 5.41) is 3.07. The quantitative estimate of drug-likeness (QED) is 0.576. The maximum Gasteiger partial charge on any atom is 0.416 e. The summed E-state index contributed by atoms with van der Waals surface area (Å²) in [5.41, 5.74) is 1.31. The van der Waals surface area contributed by atoms with Gasteiger partial charge >= 0.3 is 6.18 Å². The van der Waals surface area contributed by atoms with Crippen molar-refractivity contribution in [2.45, 2.75) is 32.1 Å². The molecular weight excluding hydrogens is 357 g/mol. The van der Waals surface area contributed by atoms with Crippen LogP contribution in [0.3, 0.4) is 0 Å². The van der Waals surface area contributed by atoms with Crippen molar-refractivity contribution in [3.63, 3.8) is 0 Å².